The number of anilines is 1. The Balaban J connectivity index is 1.57. The lowest BCUT2D eigenvalue weighted by molar-refractivity contribution is -0.115. The zero-order valence-corrected chi connectivity index (χ0v) is 16.2. The highest BCUT2D eigenvalue weighted by Crippen LogP contribution is 2.20. The SMILES string of the molecule is Cc1cc(C)nc(-n2nc(C)c(CC(=O)Nc3ccc4[nH]ncc4c3)c2C)n1. The van der Waals surface area contributed by atoms with Gasteiger partial charge in [0.15, 0.2) is 0 Å². The second kappa shape index (κ2) is 6.88. The molecule has 142 valence electrons. The van der Waals surface area contributed by atoms with Gasteiger partial charge < -0.3 is 5.32 Å². The lowest BCUT2D eigenvalue weighted by atomic mass is 10.1. The minimum absolute atomic E-state index is 0.102. The van der Waals surface area contributed by atoms with Gasteiger partial charge in [-0.15, -0.1) is 0 Å². The van der Waals surface area contributed by atoms with Gasteiger partial charge >= 0.3 is 0 Å². The van der Waals surface area contributed by atoms with Crippen LogP contribution in [0.25, 0.3) is 16.9 Å². The zero-order chi connectivity index (χ0) is 19.8. The average Bonchev–Trinajstić information content (AvgIpc) is 3.20. The van der Waals surface area contributed by atoms with Gasteiger partial charge in [-0.3, -0.25) is 9.89 Å². The first-order valence-corrected chi connectivity index (χ1v) is 9.01. The van der Waals surface area contributed by atoms with Crippen molar-refractivity contribution < 1.29 is 4.79 Å². The monoisotopic (exact) mass is 375 g/mol. The quantitative estimate of drug-likeness (QED) is 0.571. The molecule has 3 aromatic heterocycles. The number of benzene rings is 1. The molecule has 0 unspecified atom stereocenters. The van der Waals surface area contributed by atoms with Crippen LogP contribution >= 0.6 is 0 Å². The van der Waals surface area contributed by atoms with Gasteiger partial charge in [0.25, 0.3) is 5.95 Å². The molecule has 4 rings (SSSR count). The van der Waals surface area contributed by atoms with Crippen molar-refractivity contribution in [3.05, 3.63) is 58.8 Å². The number of aromatic nitrogens is 6. The van der Waals surface area contributed by atoms with Crippen LogP contribution in [0.5, 0.6) is 0 Å². The molecule has 0 aliphatic carbocycles. The fourth-order valence-corrected chi connectivity index (χ4v) is 3.31. The molecule has 2 N–H and O–H groups in total. The molecule has 1 aromatic carbocycles. The number of rotatable bonds is 4. The van der Waals surface area contributed by atoms with E-state index in [0.29, 0.717) is 5.95 Å². The Morgan fingerprint density at radius 3 is 2.61 bits per heavy atom. The molecule has 8 heteroatoms. The lowest BCUT2D eigenvalue weighted by Gasteiger charge is -2.07. The van der Waals surface area contributed by atoms with Gasteiger partial charge in [0.2, 0.25) is 5.91 Å². The molecule has 0 aliphatic rings. The van der Waals surface area contributed by atoms with Gasteiger partial charge in [-0.1, -0.05) is 0 Å². The molecule has 28 heavy (non-hydrogen) atoms. The number of hydrogen-bond acceptors (Lipinski definition) is 5. The number of fused-ring (bicyclic) bond motifs is 1. The average molecular weight is 375 g/mol. The van der Waals surface area contributed by atoms with Crippen molar-refractivity contribution in [2.24, 2.45) is 0 Å². The van der Waals surface area contributed by atoms with E-state index in [1.54, 1.807) is 10.9 Å². The maximum absolute atomic E-state index is 12.6. The van der Waals surface area contributed by atoms with E-state index >= 15 is 0 Å². The van der Waals surface area contributed by atoms with Crippen LogP contribution in [0.4, 0.5) is 5.69 Å². The fraction of sp³-hybridized carbons (Fsp3) is 0.250. The first kappa shape index (κ1) is 17.8. The zero-order valence-electron chi connectivity index (χ0n) is 16.2. The van der Waals surface area contributed by atoms with Crippen LogP contribution in [0.3, 0.4) is 0 Å². The molecule has 1 amide bonds. The van der Waals surface area contributed by atoms with E-state index < -0.39 is 0 Å². The van der Waals surface area contributed by atoms with Gasteiger partial charge in [-0.05, 0) is 52.0 Å². The largest absolute Gasteiger partial charge is 0.326 e. The number of nitrogens with one attached hydrogen (secondary N) is 2. The number of hydrogen-bond donors (Lipinski definition) is 2. The van der Waals surface area contributed by atoms with Crippen molar-refractivity contribution in [1.29, 1.82) is 0 Å². The Hall–Kier alpha value is -3.55. The van der Waals surface area contributed by atoms with Gasteiger partial charge in [0, 0.05) is 33.7 Å². The first-order valence-electron chi connectivity index (χ1n) is 9.01. The summed E-state index contributed by atoms with van der Waals surface area (Å²) in [4.78, 5) is 21.6. The summed E-state index contributed by atoms with van der Waals surface area (Å²) in [5, 5.41) is 15.3. The Morgan fingerprint density at radius 1 is 1.11 bits per heavy atom. The van der Waals surface area contributed by atoms with Crippen molar-refractivity contribution in [1.82, 2.24) is 29.9 Å². The summed E-state index contributed by atoms with van der Waals surface area (Å²) in [7, 11) is 0. The summed E-state index contributed by atoms with van der Waals surface area (Å²) in [6, 6.07) is 7.55. The van der Waals surface area contributed by atoms with E-state index in [-0.39, 0.29) is 12.3 Å². The molecule has 0 bridgehead atoms. The Morgan fingerprint density at radius 2 is 1.86 bits per heavy atom. The van der Waals surface area contributed by atoms with E-state index in [0.717, 1.165) is 44.9 Å². The van der Waals surface area contributed by atoms with Crippen molar-refractivity contribution in [2.45, 2.75) is 34.1 Å². The Bertz CT molecular complexity index is 1170. The molecule has 0 aliphatic heterocycles. The highest BCUT2D eigenvalue weighted by molar-refractivity contribution is 5.94. The fourth-order valence-electron chi connectivity index (χ4n) is 3.31. The molecule has 4 aromatic rings. The standard InChI is InChI=1S/C20H21N7O/c1-11-7-12(2)23-20(22-11)27-14(4)17(13(3)26-27)9-19(28)24-16-5-6-18-15(8-16)10-21-25-18/h5-8,10H,9H2,1-4H3,(H,21,25)(H,24,28). The predicted octanol–water partition coefficient (Wildman–Crippen LogP) is 2.95. The van der Waals surface area contributed by atoms with Crippen molar-refractivity contribution >= 4 is 22.5 Å². The van der Waals surface area contributed by atoms with E-state index in [1.807, 2.05) is 52.0 Å². The maximum atomic E-state index is 12.6. The summed E-state index contributed by atoms with van der Waals surface area (Å²) in [5.74, 6) is 0.421. The summed E-state index contributed by atoms with van der Waals surface area (Å²) >= 11 is 0. The molecule has 0 spiro atoms. The van der Waals surface area contributed by atoms with Crippen LogP contribution in [0, 0.1) is 27.7 Å². The third-order valence-electron chi connectivity index (χ3n) is 4.66. The van der Waals surface area contributed by atoms with Crippen molar-refractivity contribution in [3.8, 4) is 5.95 Å². The van der Waals surface area contributed by atoms with Gasteiger partial charge in [0.1, 0.15) is 0 Å². The molecule has 0 saturated carbocycles. The van der Waals surface area contributed by atoms with Crippen LogP contribution in [-0.2, 0) is 11.2 Å². The van der Waals surface area contributed by atoms with E-state index in [9.17, 15) is 4.79 Å². The smallest absolute Gasteiger partial charge is 0.251 e. The third-order valence-corrected chi connectivity index (χ3v) is 4.66. The number of aryl methyl sites for hydroxylation is 3. The molecule has 0 fully saturated rings. The van der Waals surface area contributed by atoms with Crippen molar-refractivity contribution in [2.75, 3.05) is 5.32 Å². The number of carbonyl (C=O) groups excluding carboxylic acids is 1. The summed E-state index contributed by atoms with van der Waals surface area (Å²) in [6.07, 6.45) is 1.96. The minimum atomic E-state index is -0.102. The molecule has 3 heterocycles. The van der Waals surface area contributed by atoms with Crippen LogP contribution in [0.2, 0.25) is 0 Å². The Labute approximate surface area is 162 Å². The van der Waals surface area contributed by atoms with Crippen LogP contribution in [0.1, 0.15) is 28.3 Å². The number of H-pyrrole nitrogens is 1. The number of carbonyl (C=O) groups is 1. The highest BCUT2D eigenvalue weighted by Gasteiger charge is 2.18. The third kappa shape index (κ3) is 3.36. The summed E-state index contributed by atoms with van der Waals surface area (Å²) in [6.45, 7) is 7.68. The van der Waals surface area contributed by atoms with Crippen molar-refractivity contribution in [3.63, 3.8) is 0 Å². The molecular weight excluding hydrogens is 354 g/mol. The number of amides is 1. The van der Waals surface area contributed by atoms with E-state index in [1.165, 1.54) is 0 Å². The van der Waals surface area contributed by atoms with Gasteiger partial charge in [0.05, 0.1) is 23.8 Å². The minimum Gasteiger partial charge on any atom is -0.326 e. The summed E-state index contributed by atoms with van der Waals surface area (Å²) < 4.78 is 1.70. The molecule has 0 atom stereocenters. The van der Waals surface area contributed by atoms with E-state index in [2.05, 4.69) is 30.6 Å². The second-order valence-corrected chi connectivity index (χ2v) is 6.91. The predicted molar refractivity (Wildman–Crippen MR) is 107 cm³/mol. The normalized spacial score (nSPS) is 11.1. The van der Waals surface area contributed by atoms with Crippen LogP contribution < -0.4 is 5.32 Å². The van der Waals surface area contributed by atoms with Gasteiger partial charge in [-0.25, -0.2) is 14.6 Å². The summed E-state index contributed by atoms with van der Waals surface area (Å²) in [5.41, 5.74) is 5.96. The number of aromatic amines is 1. The molecule has 0 saturated heterocycles. The second-order valence-electron chi connectivity index (χ2n) is 6.91. The lowest BCUT2D eigenvalue weighted by Crippen LogP contribution is -2.15. The van der Waals surface area contributed by atoms with Crippen LogP contribution in [0.15, 0.2) is 30.5 Å². The molecule has 8 nitrogen and oxygen atoms in total. The number of nitrogens with zero attached hydrogens (tertiary/aromatic N) is 5. The highest BCUT2D eigenvalue weighted by atomic mass is 16.1. The molecule has 0 radical (unpaired) electrons. The van der Waals surface area contributed by atoms with E-state index in [4.69, 9.17) is 0 Å². The Kier molecular flexibility index (Phi) is 4.38. The van der Waals surface area contributed by atoms with Gasteiger partial charge in [-0.2, -0.15) is 10.2 Å². The van der Waals surface area contributed by atoms with Crippen LogP contribution in [-0.4, -0.2) is 35.9 Å². The molecular formula is C20H21N7O. The first-order chi connectivity index (χ1) is 13.4. The topological polar surface area (TPSA) is 101 Å². The maximum Gasteiger partial charge on any atom is 0.251 e.